The van der Waals surface area contributed by atoms with Crippen molar-refractivity contribution in [2.45, 2.75) is 19.5 Å². The minimum atomic E-state index is -0.00667. The highest BCUT2D eigenvalue weighted by molar-refractivity contribution is 5.08. The van der Waals surface area contributed by atoms with Gasteiger partial charge in [0.1, 0.15) is 6.17 Å². The lowest BCUT2D eigenvalue weighted by atomic mass is 10.4. The number of piperidine rings is 1. The van der Waals surface area contributed by atoms with Crippen molar-refractivity contribution in [1.29, 1.82) is 0 Å². The van der Waals surface area contributed by atoms with E-state index >= 15 is 0 Å². The van der Waals surface area contributed by atoms with Crippen LogP contribution in [0.25, 0.3) is 0 Å². The summed E-state index contributed by atoms with van der Waals surface area (Å²) in [7, 11) is 0. The minimum Gasteiger partial charge on any atom is -0.305 e. The van der Waals surface area contributed by atoms with E-state index in [4.69, 9.17) is 5.73 Å². The molecule has 1 saturated heterocycles. The molecule has 3 atom stereocenters. The largest absolute Gasteiger partial charge is 0.305 e. The summed E-state index contributed by atoms with van der Waals surface area (Å²) >= 11 is 0. The van der Waals surface area contributed by atoms with Gasteiger partial charge < -0.3 is 5.73 Å². The normalized spacial score (nSPS) is 37.3. The lowest BCUT2D eigenvalue weighted by Crippen LogP contribution is -2.40. The van der Waals surface area contributed by atoms with Crippen molar-refractivity contribution in [2.24, 2.45) is 17.6 Å². The molecule has 0 spiro atoms. The summed E-state index contributed by atoms with van der Waals surface area (Å²) < 4.78 is 0. The first-order valence-corrected chi connectivity index (χ1v) is 4.23. The smallest absolute Gasteiger partial charge is 0.121 e. The quantitative estimate of drug-likeness (QED) is 0.543. The second kappa shape index (κ2) is 2.51. The van der Waals surface area contributed by atoms with Crippen LogP contribution in [-0.2, 0) is 0 Å². The molecule has 0 radical (unpaired) electrons. The predicted molar refractivity (Wildman–Crippen MR) is 44.6 cm³/mol. The van der Waals surface area contributed by atoms with E-state index in [1.807, 2.05) is 6.92 Å². The first-order valence-electron chi connectivity index (χ1n) is 4.23. The molecule has 0 amide bonds. The number of likely N-dealkylation sites (tertiary alicyclic amines) is 1. The standard InChI is InChI=1S/C9H14N2/c1-2-3-9(10)11-5-7-4-8(7)6-11/h7-9H,4-6,10H2,1H3. The summed E-state index contributed by atoms with van der Waals surface area (Å²) in [6.07, 6.45) is 1.43. The zero-order valence-corrected chi connectivity index (χ0v) is 6.88. The lowest BCUT2D eigenvalue weighted by Gasteiger charge is -2.20. The SMILES string of the molecule is CC#CC(N)N1CC2CC2C1. The van der Waals surface area contributed by atoms with Crippen molar-refractivity contribution in [2.75, 3.05) is 13.1 Å². The number of hydrogen-bond donors (Lipinski definition) is 1. The zero-order chi connectivity index (χ0) is 7.84. The second-order valence-corrected chi connectivity index (χ2v) is 3.55. The lowest BCUT2D eigenvalue weighted by molar-refractivity contribution is 0.267. The molecule has 2 heteroatoms. The molecule has 11 heavy (non-hydrogen) atoms. The van der Waals surface area contributed by atoms with Gasteiger partial charge >= 0.3 is 0 Å². The van der Waals surface area contributed by atoms with Gasteiger partial charge in [0.15, 0.2) is 0 Å². The second-order valence-electron chi connectivity index (χ2n) is 3.55. The molecule has 2 N–H and O–H groups in total. The Morgan fingerprint density at radius 2 is 2.09 bits per heavy atom. The van der Waals surface area contributed by atoms with Gasteiger partial charge in [0.25, 0.3) is 0 Å². The van der Waals surface area contributed by atoms with Gasteiger partial charge in [-0.05, 0) is 25.2 Å². The number of hydrogen-bond acceptors (Lipinski definition) is 2. The number of fused-ring (bicyclic) bond motifs is 1. The highest BCUT2D eigenvalue weighted by Crippen LogP contribution is 2.44. The van der Waals surface area contributed by atoms with Crippen molar-refractivity contribution < 1.29 is 0 Å². The van der Waals surface area contributed by atoms with Gasteiger partial charge in [-0.15, -0.1) is 5.92 Å². The fourth-order valence-corrected chi connectivity index (χ4v) is 1.90. The predicted octanol–water partition coefficient (Wildman–Crippen LogP) is 0.246. The highest BCUT2D eigenvalue weighted by atomic mass is 15.2. The van der Waals surface area contributed by atoms with Crippen LogP contribution in [0, 0.1) is 23.7 Å². The molecule has 0 aromatic rings. The first kappa shape index (κ1) is 7.15. The van der Waals surface area contributed by atoms with Gasteiger partial charge in [-0.1, -0.05) is 5.92 Å². The van der Waals surface area contributed by atoms with Crippen molar-refractivity contribution in [1.82, 2.24) is 4.90 Å². The Balaban J connectivity index is 1.89. The molecular formula is C9H14N2. The van der Waals surface area contributed by atoms with Crippen molar-refractivity contribution >= 4 is 0 Å². The molecule has 1 aliphatic heterocycles. The fourth-order valence-electron chi connectivity index (χ4n) is 1.90. The van der Waals surface area contributed by atoms with Crippen LogP contribution in [-0.4, -0.2) is 24.2 Å². The van der Waals surface area contributed by atoms with E-state index in [0.717, 1.165) is 11.8 Å². The average molecular weight is 150 g/mol. The van der Waals surface area contributed by atoms with Gasteiger partial charge in [0, 0.05) is 13.1 Å². The Bertz CT molecular complexity index is 203. The van der Waals surface area contributed by atoms with Crippen LogP contribution >= 0.6 is 0 Å². The Hall–Kier alpha value is -0.520. The van der Waals surface area contributed by atoms with Gasteiger partial charge in [-0.25, -0.2) is 0 Å². The highest BCUT2D eigenvalue weighted by Gasteiger charge is 2.45. The van der Waals surface area contributed by atoms with E-state index in [9.17, 15) is 0 Å². The summed E-state index contributed by atoms with van der Waals surface area (Å²) in [5.74, 6) is 7.76. The van der Waals surface area contributed by atoms with E-state index in [-0.39, 0.29) is 6.17 Å². The number of nitrogens with zero attached hydrogens (tertiary/aromatic N) is 1. The summed E-state index contributed by atoms with van der Waals surface area (Å²) in [6, 6.07) is 0. The average Bonchev–Trinajstić information content (AvgIpc) is 2.59. The van der Waals surface area contributed by atoms with Crippen LogP contribution in [0.4, 0.5) is 0 Å². The van der Waals surface area contributed by atoms with Crippen LogP contribution in [0.1, 0.15) is 13.3 Å². The molecule has 1 heterocycles. The van der Waals surface area contributed by atoms with Gasteiger partial charge in [-0.3, -0.25) is 4.90 Å². The molecule has 0 aromatic carbocycles. The molecule has 2 rings (SSSR count). The molecule has 60 valence electrons. The third kappa shape index (κ3) is 1.26. The first-order chi connectivity index (χ1) is 5.31. The summed E-state index contributed by atoms with van der Waals surface area (Å²) in [5.41, 5.74) is 5.82. The molecule has 2 nitrogen and oxygen atoms in total. The third-order valence-electron chi connectivity index (χ3n) is 2.69. The maximum Gasteiger partial charge on any atom is 0.121 e. The van der Waals surface area contributed by atoms with E-state index in [1.165, 1.54) is 19.5 Å². The molecule has 2 fully saturated rings. The van der Waals surface area contributed by atoms with Crippen LogP contribution < -0.4 is 5.73 Å². The number of rotatable bonds is 1. The zero-order valence-electron chi connectivity index (χ0n) is 6.88. The van der Waals surface area contributed by atoms with Crippen molar-refractivity contribution in [3.8, 4) is 11.8 Å². The molecule has 3 unspecified atom stereocenters. The monoisotopic (exact) mass is 150 g/mol. The van der Waals surface area contributed by atoms with Crippen LogP contribution in [0.2, 0.25) is 0 Å². The maximum atomic E-state index is 5.82. The van der Waals surface area contributed by atoms with E-state index in [0.29, 0.717) is 0 Å². The van der Waals surface area contributed by atoms with E-state index < -0.39 is 0 Å². The van der Waals surface area contributed by atoms with Gasteiger partial charge in [0.05, 0.1) is 0 Å². The van der Waals surface area contributed by atoms with Crippen molar-refractivity contribution in [3.63, 3.8) is 0 Å². The maximum absolute atomic E-state index is 5.82. The van der Waals surface area contributed by atoms with E-state index in [2.05, 4.69) is 16.7 Å². The molecule has 0 aromatic heterocycles. The third-order valence-corrected chi connectivity index (χ3v) is 2.69. The fraction of sp³-hybridized carbons (Fsp3) is 0.778. The molecular weight excluding hydrogens is 136 g/mol. The van der Waals surface area contributed by atoms with Crippen molar-refractivity contribution in [3.05, 3.63) is 0 Å². The van der Waals surface area contributed by atoms with Crippen LogP contribution in [0.5, 0.6) is 0 Å². The van der Waals surface area contributed by atoms with Gasteiger partial charge in [-0.2, -0.15) is 0 Å². The Morgan fingerprint density at radius 1 is 1.45 bits per heavy atom. The Labute approximate surface area is 67.7 Å². The van der Waals surface area contributed by atoms with Crippen LogP contribution in [0.3, 0.4) is 0 Å². The topological polar surface area (TPSA) is 29.3 Å². The van der Waals surface area contributed by atoms with E-state index in [1.54, 1.807) is 0 Å². The Kier molecular flexibility index (Phi) is 1.63. The summed E-state index contributed by atoms with van der Waals surface area (Å²) in [4.78, 5) is 2.29. The number of nitrogens with two attached hydrogens (primary N) is 1. The minimum absolute atomic E-state index is 0.00667. The van der Waals surface area contributed by atoms with Crippen LogP contribution in [0.15, 0.2) is 0 Å². The molecule has 1 aliphatic carbocycles. The molecule has 1 saturated carbocycles. The summed E-state index contributed by atoms with van der Waals surface area (Å²) in [5, 5.41) is 0. The molecule has 2 aliphatic rings. The van der Waals surface area contributed by atoms with Gasteiger partial charge in [0.2, 0.25) is 0 Å². The summed E-state index contributed by atoms with van der Waals surface area (Å²) in [6.45, 7) is 4.21. The molecule has 0 bridgehead atoms. The Morgan fingerprint density at radius 3 is 2.64 bits per heavy atom.